The molecule has 3 amide bonds. The average Bonchev–Trinajstić information content (AvgIpc) is 3.04. The molecule has 1 aliphatic rings. The van der Waals surface area contributed by atoms with Crippen LogP contribution in [0.2, 0.25) is 0 Å². The number of carbonyl (C=O) groups is 3. The van der Waals surface area contributed by atoms with Crippen molar-refractivity contribution in [1.29, 1.82) is 0 Å². The van der Waals surface area contributed by atoms with E-state index < -0.39 is 23.9 Å². The molecule has 4 rings (SSSR count). The second-order valence-electron chi connectivity index (χ2n) is 9.96. The molecule has 3 aromatic rings. The van der Waals surface area contributed by atoms with Crippen molar-refractivity contribution in [1.82, 2.24) is 16.1 Å². The standard InChI is InChI=1S/C33H34BrIN4O8/c1-5-44-27-14-21(13-24(34)31(27)47-17-20-7-10-23(35)11-8-20)16-36-39-28(40)18-46-25-12-9-22(15-26(25)43-4)30-29(32(41)45-6-2)19(3)37-33(42)38-30/h7-16,30H,5-6,17-18H2,1-4H3,(H,39,40)(H2,37,38,42)/b36-16-/t30-/m0/s1. The second kappa shape index (κ2) is 17.0. The van der Waals surface area contributed by atoms with Crippen LogP contribution in [0.3, 0.4) is 0 Å². The van der Waals surface area contributed by atoms with Gasteiger partial charge in [-0.25, -0.2) is 15.0 Å². The number of hydrogen-bond donors (Lipinski definition) is 3. The summed E-state index contributed by atoms with van der Waals surface area (Å²) in [7, 11) is 1.44. The van der Waals surface area contributed by atoms with Crippen LogP contribution in [0.1, 0.15) is 43.5 Å². The fourth-order valence-corrected chi connectivity index (χ4v) is 5.50. The van der Waals surface area contributed by atoms with E-state index in [0.29, 0.717) is 51.8 Å². The van der Waals surface area contributed by atoms with Crippen molar-refractivity contribution in [3.8, 4) is 23.0 Å². The van der Waals surface area contributed by atoms with Gasteiger partial charge in [-0.15, -0.1) is 0 Å². The molecule has 0 fully saturated rings. The quantitative estimate of drug-likeness (QED) is 0.0807. The van der Waals surface area contributed by atoms with Crippen LogP contribution < -0.4 is 35.0 Å². The number of hydrogen-bond acceptors (Lipinski definition) is 9. The van der Waals surface area contributed by atoms with Crippen molar-refractivity contribution in [2.75, 3.05) is 26.9 Å². The monoisotopic (exact) mass is 820 g/mol. The molecule has 0 aromatic heterocycles. The SMILES string of the molecule is CCOC(=O)C1=C(C)NC(=O)N[C@H]1c1ccc(OCC(=O)N/N=C\c2cc(Br)c(OCc3ccc(I)cc3)c(OCC)c2)c(OC)c1. The van der Waals surface area contributed by atoms with Gasteiger partial charge in [0.2, 0.25) is 0 Å². The van der Waals surface area contributed by atoms with Crippen LogP contribution >= 0.6 is 38.5 Å². The van der Waals surface area contributed by atoms with Gasteiger partial charge >= 0.3 is 12.0 Å². The Kier molecular flexibility index (Phi) is 12.9. The Bertz CT molecular complexity index is 1680. The van der Waals surface area contributed by atoms with E-state index in [4.69, 9.17) is 23.7 Å². The molecule has 3 aromatic carbocycles. The molecule has 0 saturated heterocycles. The van der Waals surface area contributed by atoms with Gasteiger partial charge in [0.05, 0.1) is 42.6 Å². The molecular formula is C33H34BrIN4O8. The first kappa shape index (κ1) is 35.5. The maximum absolute atomic E-state index is 12.6. The smallest absolute Gasteiger partial charge is 0.338 e. The van der Waals surface area contributed by atoms with Gasteiger partial charge in [0.1, 0.15) is 6.61 Å². The second-order valence-corrected chi connectivity index (χ2v) is 12.1. The van der Waals surface area contributed by atoms with Crippen molar-refractivity contribution in [3.63, 3.8) is 0 Å². The maximum Gasteiger partial charge on any atom is 0.338 e. The lowest BCUT2D eigenvalue weighted by Crippen LogP contribution is -2.45. The van der Waals surface area contributed by atoms with Crippen LogP contribution in [0.15, 0.2) is 75.4 Å². The van der Waals surface area contributed by atoms with Crippen molar-refractivity contribution in [2.24, 2.45) is 5.10 Å². The third-order valence-corrected chi connectivity index (χ3v) is 7.98. The van der Waals surface area contributed by atoms with Gasteiger partial charge in [-0.3, -0.25) is 4.79 Å². The minimum Gasteiger partial charge on any atom is -0.493 e. The van der Waals surface area contributed by atoms with Crippen LogP contribution in [0.25, 0.3) is 0 Å². The van der Waals surface area contributed by atoms with E-state index in [-0.39, 0.29) is 24.5 Å². The zero-order chi connectivity index (χ0) is 33.9. The number of benzene rings is 3. The molecule has 14 heteroatoms. The summed E-state index contributed by atoms with van der Waals surface area (Å²) < 4.78 is 30.0. The van der Waals surface area contributed by atoms with Gasteiger partial charge in [-0.05, 0) is 112 Å². The molecule has 1 atom stereocenters. The van der Waals surface area contributed by atoms with Crippen molar-refractivity contribution in [3.05, 3.63) is 90.6 Å². The first-order chi connectivity index (χ1) is 22.6. The molecule has 0 saturated carbocycles. The lowest BCUT2D eigenvalue weighted by molar-refractivity contribution is -0.139. The number of esters is 1. The summed E-state index contributed by atoms with van der Waals surface area (Å²) in [5.74, 6) is 0.601. The van der Waals surface area contributed by atoms with E-state index in [1.165, 1.54) is 13.3 Å². The van der Waals surface area contributed by atoms with Gasteiger partial charge in [-0.1, -0.05) is 18.2 Å². The Hall–Kier alpha value is -4.31. The Labute approximate surface area is 294 Å². The largest absolute Gasteiger partial charge is 0.493 e. The summed E-state index contributed by atoms with van der Waals surface area (Å²) in [4.78, 5) is 37.4. The molecule has 0 aliphatic carbocycles. The highest BCUT2D eigenvalue weighted by Gasteiger charge is 2.32. The molecule has 0 spiro atoms. The minimum atomic E-state index is -0.778. The van der Waals surface area contributed by atoms with Crippen LogP contribution in [-0.2, 0) is 20.9 Å². The molecule has 1 heterocycles. The fraction of sp³-hybridized carbons (Fsp3) is 0.273. The highest BCUT2D eigenvalue weighted by Crippen LogP contribution is 2.37. The Morgan fingerprint density at radius 1 is 1.00 bits per heavy atom. The Morgan fingerprint density at radius 2 is 1.77 bits per heavy atom. The minimum absolute atomic E-state index is 0.181. The summed E-state index contributed by atoms with van der Waals surface area (Å²) in [6.07, 6.45) is 1.48. The molecule has 1 aliphatic heterocycles. The van der Waals surface area contributed by atoms with E-state index in [9.17, 15) is 14.4 Å². The third kappa shape index (κ3) is 9.60. The van der Waals surface area contributed by atoms with E-state index in [0.717, 1.165) is 9.13 Å². The summed E-state index contributed by atoms with van der Waals surface area (Å²) >= 11 is 5.81. The molecule has 248 valence electrons. The third-order valence-electron chi connectivity index (χ3n) is 6.68. The van der Waals surface area contributed by atoms with Gasteiger partial charge in [0, 0.05) is 9.27 Å². The van der Waals surface area contributed by atoms with Crippen molar-refractivity contribution < 1.29 is 38.1 Å². The number of amides is 3. The first-order valence-electron chi connectivity index (χ1n) is 14.5. The number of hydrazone groups is 1. The topological polar surface area (TPSA) is 146 Å². The van der Waals surface area contributed by atoms with Gasteiger partial charge in [-0.2, -0.15) is 5.10 Å². The van der Waals surface area contributed by atoms with Crippen molar-refractivity contribution in [2.45, 2.75) is 33.4 Å². The van der Waals surface area contributed by atoms with E-state index in [2.05, 4.69) is 59.7 Å². The number of rotatable bonds is 14. The molecule has 47 heavy (non-hydrogen) atoms. The molecular weight excluding hydrogens is 787 g/mol. The number of nitrogens with zero attached hydrogens (tertiary/aromatic N) is 1. The molecule has 0 radical (unpaired) electrons. The average molecular weight is 821 g/mol. The zero-order valence-corrected chi connectivity index (χ0v) is 29.9. The molecule has 0 bridgehead atoms. The molecule has 12 nitrogen and oxygen atoms in total. The number of urea groups is 1. The number of methoxy groups -OCH3 is 1. The summed E-state index contributed by atoms with van der Waals surface area (Å²) in [6.45, 7) is 5.83. The van der Waals surface area contributed by atoms with Crippen LogP contribution in [-0.4, -0.2) is 51.1 Å². The summed E-state index contributed by atoms with van der Waals surface area (Å²) in [5, 5.41) is 9.39. The predicted octanol–water partition coefficient (Wildman–Crippen LogP) is 5.76. The summed E-state index contributed by atoms with van der Waals surface area (Å²) in [6, 6.07) is 15.3. The van der Waals surface area contributed by atoms with Gasteiger partial charge in [0.25, 0.3) is 5.91 Å². The highest BCUT2D eigenvalue weighted by molar-refractivity contribution is 14.1. The maximum atomic E-state index is 12.6. The van der Waals surface area contributed by atoms with E-state index >= 15 is 0 Å². The highest BCUT2D eigenvalue weighted by atomic mass is 127. The number of carbonyl (C=O) groups excluding carboxylic acids is 3. The lowest BCUT2D eigenvalue weighted by Gasteiger charge is -2.28. The molecule has 3 N–H and O–H groups in total. The fourth-order valence-electron chi connectivity index (χ4n) is 4.56. The number of halogens is 2. The number of allylic oxidation sites excluding steroid dienone is 1. The van der Waals surface area contributed by atoms with Crippen LogP contribution in [0.4, 0.5) is 4.79 Å². The normalized spacial score (nSPS) is 14.3. The van der Waals surface area contributed by atoms with Gasteiger partial charge < -0.3 is 34.3 Å². The predicted molar refractivity (Wildman–Crippen MR) is 187 cm³/mol. The summed E-state index contributed by atoms with van der Waals surface area (Å²) in [5.41, 5.74) is 5.34. The lowest BCUT2D eigenvalue weighted by atomic mass is 9.95. The molecule has 0 unspecified atom stereocenters. The van der Waals surface area contributed by atoms with Crippen LogP contribution in [0, 0.1) is 3.57 Å². The van der Waals surface area contributed by atoms with E-state index in [1.807, 2.05) is 31.2 Å². The number of ether oxygens (including phenoxy) is 5. The zero-order valence-electron chi connectivity index (χ0n) is 26.1. The van der Waals surface area contributed by atoms with E-state index in [1.54, 1.807) is 44.2 Å². The Balaban J connectivity index is 1.38. The first-order valence-corrected chi connectivity index (χ1v) is 16.4. The van der Waals surface area contributed by atoms with Crippen molar-refractivity contribution >= 4 is 62.6 Å². The van der Waals surface area contributed by atoms with Crippen LogP contribution in [0.5, 0.6) is 23.0 Å². The Morgan fingerprint density at radius 3 is 2.47 bits per heavy atom. The van der Waals surface area contributed by atoms with Gasteiger partial charge in [0.15, 0.2) is 29.6 Å². The number of nitrogens with one attached hydrogen (secondary N) is 3.